The largest absolute Gasteiger partial charge is 0.378 e. The highest BCUT2D eigenvalue weighted by Gasteiger charge is 2.23. The number of aryl methyl sites for hydroxylation is 1. The molecule has 0 saturated carbocycles. The van der Waals surface area contributed by atoms with Crippen LogP contribution in [0.25, 0.3) is 11.0 Å². The third-order valence-electron chi connectivity index (χ3n) is 3.76. The molecule has 1 aliphatic rings. The van der Waals surface area contributed by atoms with Crippen LogP contribution in [0.5, 0.6) is 0 Å². The SMILES string of the molecule is CCC1COCCN1Cc1nc(Cl)c2cnn(C)c2n1. The summed E-state index contributed by atoms with van der Waals surface area (Å²) in [4.78, 5) is 11.3. The Morgan fingerprint density at radius 3 is 3.10 bits per heavy atom. The second-order valence-corrected chi connectivity index (χ2v) is 5.40. The molecule has 0 N–H and O–H groups in total. The zero-order valence-corrected chi connectivity index (χ0v) is 12.5. The molecule has 0 radical (unpaired) electrons. The standard InChI is InChI=1S/C13H18ClN5O/c1-3-9-8-20-5-4-19(9)7-11-16-12(14)10-6-15-18(2)13(10)17-11/h6,9H,3-5,7-8H2,1-2H3. The molecule has 1 aliphatic heterocycles. The zero-order chi connectivity index (χ0) is 14.1. The highest BCUT2D eigenvalue weighted by molar-refractivity contribution is 6.33. The van der Waals surface area contributed by atoms with Crippen molar-refractivity contribution in [1.29, 1.82) is 0 Å². The van der Waals surface area contributed by atoms with Gasteiger partial charge < -0.3 is 4.74 Å². The predicted molar refractivity (Wildman–Crippen MR) is 76.6 cm³/mol. The fourth-order valence-electron chi connectivity index (χ4n) is 2.56. The van der Waals surface area contributed by atoms with Crippen LogP contribution < -0.4 is 0 Å². The molecule has 2 aromatic rings. The molecule has 0 aromatic carbocycles. The first kappa shape index (κ1) is 13.7. The minimum atomic E-state index is 0.424. The van der Waals surface area contributed by atoms with Crippen LogP contribution in [0.3, 0.4) is 0 Å². The summed E-state index contributed by atoms with van der Waals surface area (Å²) in [5.41, 5.74) is 0.779. The second kappa shape index (κ2) is 5.63. The molecule has 0 amide bonds. The molecule has 6 nitrogen and oxygen atoms in total. The molecular weight excluding hydrogens is 278 g/mol. The lowest BCUT2D eigenvalue weighted by Gasteiger charge is -2.34. The molecule has 0 aliphatic carbocycles. The molecule has 1 unspecified atom stereocenters. The summed E-state index contributed by atoms with van der Waals surface area (Å²) in [7, 11) is 1.86. The smallest absolute Gasteiger partial charge is 0.162 e. The maximum Gasteiger partial charge on any atom is 0.162 e. The van der Waals surface area contributed by atoms with Crippen LogP contribution in [0.15, 0.2) is 6.20 Å². The van der Waals surface area contributed by atoms with Crippen LogP contribution in [-0.2, 0) is 18.3 Å². The van der Waals surface area contributed by atoms with Gasteiger partial charge in [-0.3, -0.25) is 9.58 Å². The molecule has 1 fully saturated rings. The minimum Gasteiger partial charge on any atom is -0.378 e. The Balaban J connectivity index is 1.88. The summed E-state index contributed by atoms with van der Waals surface area (Å²) in [6.45, 7) is 5.31. The van der Waals surface area contributed by atoms with E-state index in [1.165, 1.54) is 0 Å². The Morgan fingerprint density at radius 1 is 1.45 bits per heavy atom. The van der Waals surface area contributed by atoms with E-state index in [1.807, 2.05) is 7.05 Å². The van der Waals surface area contributed by atoms with Gasteiger partial charge in [-0.2, -0.15) is 5.10 Å². The zero-order valence-electron chi connectivity index (χ0n) is 11.7. The van der Waals surface area contributed by atoms with Gasteiger partial charge in [0.2, 0.25) is 0 Å². The molecule has 1 saturated heterocycles. The van der Waals surface area contributed by atoms with E-state index in [4.69, 9.17) is 16.3 Å². The van der Waals surface area contributed by atoms with E-state index in [0.29, 0.717) is 17.7 Å². The summed E-state index contributed by atoms with van der Waals surface area (Å²) in [6.07, 6.45) is 2.76. The number of hydrogen-bond acceptors (Lipinski definition) is 5. The van der Waals surface area contributed by atoms with Gasteiger partial charge in [-0.1, -0.05) is 18.5 Å². The third-order valence-corrected chi connectivity index (χ3v) is 4.05. The number of rotatable bonds is 3. The van der Waals surface area contributed by atoms with E-state index < -0.39 is 0 Å². The topological polar surface area (TPSA) is 56.1 Å². The van der Waals surface area contributed by atoms with Gasteiger partial charge in [0.15, 0.2) is 5.65 Å². The van der Waals surface area contributed by atoms with Gasteiger partial charge in [0.05, 0.1) is 31.3 Å². The van der Waals surface area contributed by atoms with Crippen molar-refractivity contribution in [2.75, 3.05) is 19.8 Å². The number of morpholine rings is 1. The highest BCUT2D eigenvalue weighted by atomic mass is 35.5. The van der Waals surface area contributed by atoms with Gasteiger partial charge in [0.25, 0.3) is 0 Å². The fourth-order valence-corrected chi connectivity index (χ4v) is 2.79. The van der Waals surface area contributed by atoms with Crippen LogP contribution in [-0.4, -0.2) is 50.4 Å². The first-order chi connectivity index (χ1) is 9.69. The van der Waals surface area contributed by atoms with Gasteiger partial charge in [-0.25, -0.2) is 9.97 Å². The van der Waals surface area contributed by atoms with Gasteiger partial charge in [-0.05, 0) is 6.42 Å². The van der Waals surface area contributed by atoms with Crippen LogP contribution in [0.1, 0.15) is 19.2 Å². The number of nitrogens with zero attached hydrogens (tertiary/aromatic N) is 5. The number of fused-ring (bicyclic) bond motifs is 1. The lowest BCUT2D eigenvalue weighted by molar-refractivity contribution is -0.0138. The van der Waals surface area contributed by atoms with Crippen molar-refractivity contribution >= 4 is 22.6 Å². The summed E-state index contributed by atoms with van der Waals surface area (Å²) < 4.78 is 7.24. The molecule has 2 aromatic heterocycles. The number of ether oxygens (including phenoxy) is 1. The first-order valence-electron chi connectivity index (χ1n) is 6.85. The van der Waals surface area contributed by atoms with E-state index >= 15 is 0 Å². The quantitative estimate of drug-likeness (QED) is 0.806. The van der Waals surface area contributed by atoms with Crippen molar-refractivity contribution in [3.05, 3.63) is 17.2 Å². The maximum absolute atomic E-state index is 6.22. The lowest BCUT2D eigenvalue weighted by Crippen LogP contribution is -2.44. The minimum absolute atomic E-state index is 0.424. The molecule has 1 atom stereocenters. The van der Waals surface area contributed by atoms with Crippen LogP contribution in [0, 0.1) is 0 Å². The van der Waals surface area contributed by atoms with Crippen molar-refractivity contribution in [3.63, 3.8) is 0 Å². The molecule has 3 rings (SSSR count). The number of halogens is 1. The Kier molecular flexibility index (Phi) is 3.87. The molecule has 0 spiro atoms. The van der Waals surface area contributed by atoms with Gasteiger partial charge in [-0.15, -0.1) is 0 Å². The Morgan fingerprint density at radius 2 is 2.30 bits per heavy atom. The summed E-state index contributed by atoms with van der Waals surface area (Å²) >= 11 is 6.22. The number of aromatic nitrogens is 4. The monoisotopic (exact) mass is 295 g/mol. The van der Waals surface area contributed by atoms with E-state index in [-0.39, 0.29) is 0 Å². The van der Waals surface area contributed by atoms with E-state index in [9.17, 15) is 0 Å². The molecule has 7 heteroatoms. The van der Waals surface area contributed by atoms with Crippen molar-refractivity contribution in [3.8, 4) is 0 Å². The summed E-state index contributed by atoms with van der Waals surface area (Å²) in [5.74, 6) is 0.742. The van der Waals surface area contributed by atoms with Crippen molar-refractivity contribution in [2.24, 2.45) is 7.05 Å². The third kappa shape index (κ3) is 2.51. The molecule has 0 bridgehead atoms. The lowest BCUT2D eigenvalue weighted by atomic mass is 10.2. The van der Waals surface area contributed by atoms with Crippen LogP contribution in [0.2, 0.25) is 5.15 Å². The van der Waals surface area contributed by atoms with E-state index in [1.54, 1.807) is 10.9 Å². The fraction of sp³-hybridized carbons (Fsp3) is 0.615. The average Bonchev–Trinajstić information content (AvgIpc) is 2.82. The Bertz CT molecular complexity index is 614. The van der Waals surface area contributed by atoms with Crippen LogP contribution in [0.4, 0.5) is 0 Å². The van der Waals surface area contributed by atoms with Crippen molar-refractivity contribution < 1.29 is 4.74 Å². The van der Waals surface area contributed by atoms with E-state index in [0.717, 1.165) is 43.0 Å². The second-order valence-electron chi connectivity index (χ2n) is 5.04. The molecule has 20 heavy (non-hydrogen) atoms. The Labute approximate surface area is 122 Å². The molecular formula is C13H18ClN5O. The first-order valence-corrected chi connectivity index (χ1v) is 7.22. The average molecular weight is 296 g/mol. The highest BCUT2D eigenvalue weighted by Crippen LogP contribution is 2.21. The Hall–Kier alpha value is -1.24. The molecule has 3 heterocycles. The van der Waals surface area contributed by atoms with Gasteiger partial charge in [0.1, 0.15) is 11.0 Å². The van der Waals surface area contributed by atoms with Gasteiger partial charge >= 0.3 is 0 Å². The number of hydrogen-bond donors (Lipinski definition) is 0. The molecule has 108 valence electrons. The maximum atomic E-state index is 6.22. The van der Waals surface area contributed by atoms with Crippen molar-refractivity contribution in [2.45, 2.75) is 25.9 Å². The van der Waals surface area contributed by atoms with Crippen molar-refractivity contribution in [1.82, 2.24) is 24.6 Å². The normalized spacial score (nSPS) is 20.6. The predicted octanol–water partition coefficient (Wildman–Crippen LogP) is 1.63. The van der Waals surface area contributed by atoms with Crippen LogP contribution >= 0.6 is 11.6 Å². The van der Waals surface area contributed by atoms with E-state index in [2.05, 4.69) is 26.9 Å². The summed E-state index contributed by atoms with van der Waals surface area (Å²) in [5, 5.41) is 5.44. The van der Waals surface area contributed by atoms with Gasteiger partial charge in [0, 0.05) is 19.6 Å². The summed E-state index contributed by atoms with van der Waals surface area (Å²) in [6, 6.07) is 0.424.